The first kappa shape index (κ1) is 29.3. The molecule has 2 atom stereocenters. The van der Waals surface area contributed by atoms with Crippen molar-refractivity contribution in [3.63, 3.8) is 0 Å². The van der Waals surface area contributed by atoms with E-state index < -0.39 is 29.5 Å². The number of hydrogen-bond donors (Lipinski definition) is 5. The van der Waals surface area contributed by atoms with E-state index in [-0.39, 0.29) is 36.5 Å². The number of carboxylic acid groups (broad SMARTS) is 1. The van der Waals surface area contributed by atoms with Crippen molar-refractivity contribution >= 4 is 35.0 Å². The number of halogens is 1. The Labute approximate surface area is 226 Å². The number of phenolic OH excluding ortho intramolecular Hbond substituents is 1. The smallest absolute Gasteiger partial charge is 0.303 e. The van der Waals surface area contributed by atoms with Crippen LogP contribution in [0.15, 0.2) is 41.4 Å². The zero-order chi connectivity index (χ0) is 28.0. The highest BCUT2D eigenvalue weighted by molar-refractivity contribution is 6.30. The summed E-state index contributed by atoms with van der Waals surface area (Å²) in [7, 11) is 0. The second-order valence-electron chi connectivity index (χ2n) is 10.2. The standard InChI is InChI=1S/C28H33ClN2O7/c1-28(2,38)20-8-17(9-21(29)13-20)18(12-26(35)36)10-25(34)15-31-27(37)19-5-16(7-24(33)11-19)6-22-3-4-23(32)14-30-22/h5,7-9,11,13,18,23,32-33,38H,3-4,6,10,12,14-15H2,1-2H3,(H,31,37)(H,35,36)/t18-,23?/m0/s1. The quantitative estimate of drug-likeness (QED) is 0.290. The van der Waals surface area contributed by atoms with Crippen molar-refractivity contribution in [1.82, 2.24) is 5.32 Å². The number of carbonyl (C=O) groups is 3. The maximum atomic E-state index is 12.8. The van der Waals surface area contributed by atoms with E-state index >= 15 is 0 Å². The maximum Gasteiger partial charge on any atom is 0.303 e. The molecule has 1 heterocycles. The summed E-state index contributed by atoms with van der Waals surface area (Å²) in [5.41, 5.74) is 1.52. The number of phenols is 1. The molecule has 10 heteroatoms. The Hall–Kier alpha value is -3.27. The van der Waals surface area contributed by atoms with Crippen LogP contribution >= 0.6 is 11.6 Å². The maximum absolute atomic E-state index is 12.8. The molecule has 9 nitrogen and oxygen atoms in total. The number of aliphatic hydroxyl groups excluding tert-OH is 1. The van der Waals surface area contributed by atoms with Crippen molar-refractivity contribution < 1.29 is 34.8 Å². The lowest BCUT2D eigenvalue weighted by Crippen LogP contribution is -2.30. The van der Waals surface area contributed by atoms with Gasteiger partial charge in [0.25, 0.3) is 5.91 Å². The largest absolute Gasteiger partial charge is 0.508 e. The lowest BCUT2D eigenvalue weighted by Gasteiger charge is -2.22. The normalized spacial score (nSPS) is 16.4. The van der Waals surface area contributed by atoms with Crippen LogP contribution in [-0.2, 0) is 21.6 Å². The fourth-order valence-corrected chi connectivity index (χ4v) is 4.62. The number of nitrogens with one attached hydrogen (secondary N) is 1. The molecular formula is C28H33ClN2O7. The fourth-order valence-electron chi connectivity index (χ4n) is 4.37. The molecule has 38 heavy (non-hydrogen) atoms. The molecule has 0 saturated heterocycles. The zero-order valence-electron chi connectivity index (χ0n) is 21.4. The van der Waals surface area contributed by atoms with Crippen LogP contribution in [0.4, 0.5) is 0 Å². The number of Topliss-reactive ketones (excluding diaryl/α,β-unsaturated/α-hetero) is 1. The van der Waals surface area contributed by atoms with Gasteiger partial charge < -0.3 is 25.7 Å². The number of aromatic hydroxyl groups is 1. The number of aliphatic hydroxyl groups is 2. The number of carboxylic acids is 1. The first-order valence-corrected chi connectivity index (χ1v) is 12.8. The number of ketones is 1. The minimum Gasteiger partial charge on any atom is -0.508 e. The highest BCUT2D eigenvalue weighted by atomic mass is 35.5. The second-order valence-corrected chi connectivity index (χ2v) is 10.7. The van der Waals surface area contributed by atoms with Gasteiger partial charge in [-0.15, -0.1) is 0 Å². The molecule has 2 aromatic rings. The fraction of sp³-hybridized carbons (Fsp3) is 0.429. The molecule has 0 bridgehead atoms. The molecule has 5 N–H and O–H groups in total. The van der Waals surface area contributed by atoms with Crippen LogP contribution in [0, 0.1) is 0 Å². The predicted molar refractivity (Wildman–Crippen MR) is 143 cm³/mol. The lowest BCUT2D eigenvalue weighted by atomic mass is 9.87. The SMILES string of the molecule is CC(C)(O)c1cc(Cl)cc([C@H](CC(=O)O)CC(=O)CNC(=O)c2cc(O)cc(CC3=NCC(O)CC3)c2)c1. The Morgan fingerprint density at radius 2 is 1.87 bits per heavy atom. The van der Waals surface area contributed by atoms with Gasteiger partial charge in [-0.05, 0) is 73.7 Å². The van der Waals surface area contributed by atoms with E-state index in [4.69, 9.17) is 11.6 Å². The van der Waals surface area contributed by atoms with Gasteiger partial charge in [-0.3, -0.25) is 19.4 Å². The predicted octanol–water partition coefficient (Wildman–Crippen LogP) is 3.36. The van der Waals surface area contributed by atoms with Gasteiger partial charge in [0, 0.05) is 35.1 Å². The third-order valence-corrected chi connectivity index (χ3v) is 6.60. The number of nitrogens with zero attached hydrogens (tertiary/aromatic N) is 1. The van der Waals surface area contributed by atoms with Crippen LogP contribution in [0.5, 0.6) is 5.75 Å². The third kappa shape index (κ3) is 8.65. The topological polar surface area (TPSA) is 157 Å². The van der Waals surface area contributed by atoms with Gasteiger partial charge >= 0.3 is 5.97 Å². The number of hydrogen-bond acceptors (Lipinski definition) is 7. The average molecular weight is 545 g/mol. The van der Waals surface area contributed by atoms with Crippen molar-refractivity contribution in [2.24, 2.45) is 4.99 Å². The monoisotopic (exact) mass is 544 g/mol. The molecular weight excluding hydrogens is 512 g/mol. The summed E-state index contributed by atoms with van der Waals surface area (Å²) < 4.78 is 0. The van der Waals surface area contributed by atoms with Crippen LogP contribution in [0.2, 0.25) is 5.02 Å². The molecule has 3 rings (SSSR count). The van der Waals surface area contributed by atoms with Crippen LogP contribution in [0.25, 0.3) is 0 Å². The van der Waals surface area contributed by atoms with Crippen LogP contribution in [0.1, 0.15) is 72.5 Å². The van der Waals surface area contributed by atoms with E-state index in [9.17, 15) is 34.8 Å². The molecule has 1 aliphatic heterocycles. The molecule has 204 valence electrons. The van der Waals surface area contributed by atoms with E-state index in [0.717, 1.165) is 5.71 Å². The molecule has 0 spiro atoms. The first-order valence-electron chi connectivity index (χ1n) is 12.4. The third-order valence-electron chi connectivity index (χ3n) is 6.38. The highest BCUT2D eigenvalue weighted by Gasteiger charge is 2.24. The molecule has 1 aliphatic rings. The Morgan fingerprint density at radius 3 is 2.50 bits per heavy atom. The molecule has 1 unspecified atom stereocenters. The van der Waals surface area contributed by atoms with Gasteiger partial charge in [0.2, 0.25) is 0 Å². The van der Waals surface area contributed by atoms with Crippen LogP contribution in [-0.4, -0.2) is 63.0 Å². The van der Waals surface area contributed by atoms with Crippen molar-refractivity contribution in [2.45, 2.75) is 63.6 Å². The van der Waals surface area contributed by atoms with E-state index in [1.807, 2.05) is 0 Å². The van der Waals surface area contributed by atoms with E-state index in [1.165, 1.54) is 6.07 Å². The van der Waals surface area contributed by atoms with Crippen LogP contribution in [0.3, 0.4) is 0 Å². The Morgan fingerprint density at radius 1 is 1.13 bits per heavy atom. The van der Waals surface area contributed by atoms with Crippen LogP contribution < -0.4 is 5.32 Å². The molecule has 0 saturated carbocycles. The summed E-state index contributed by atoms with van der Waals surface area (Å²) in [6.45, 7) is 3.16. The Kier molecular flexibility index (Phi) is 9.65. The molecule has 1 amide bonds. The minimum atomic E-state index is -1.21. The summed E-state index contributed by atoms with van der Waals surface area (Å²) in [6.07, 6.45) is 0.749. The summed E-state index contributed by atoms with van der Waals surface area (Å²) in [4.78, 5) is 41.3. The van der Waals surface area contributed by atoms with Crippen molar-refractivity contribution in [2.75, 3.05) is 13.1 Å². The van der Waals surface area contributed by atoms with Gasteiger partial charge in [0.15, 0.2) is 5.78 Å². The number of benzene rings is 2. The van der Waals surface area contributed by atoms with E-state index in [0.29, 0.717) is 47.5 Å². The van der Waals surface area contributed by atoms with E-state index in [1.54, 1.807) is 44.2 Å². The average Bonchev–Trinajstić information content (AvgIpc) is 2.82. The summed E-state index contributed by atoms with van der Waals surface area (Å²) in [5.74, 6) is -2.84. The molecule has 0 aliphatic carbocycles. The van der Waals surface area contributed by atoms with Gasteiger partial charge in [0.1, 0.15) is 5.75 Å². The summed E-state index contributed by atoms with van der Waals surface area (Å²) in [6, 6.07) is 9.24. The van der Waals surface area contributed by atoms with Gasteiger partial charge in [-0.1, -0.05) is 17.7 Å². The molecule has 0 fully saturated rings. The van der Waals surface area contributed by atoms with Gasteiger partial charge in [-0.2, -0.15) is 0 Å². The lowest BCUT2D eigenvalue weighted by molar-refractivity contribution is -0.137. The number of carbonyl (C=O) groups excluding carboxylic acids is 2. The number of aliphatic imine (C=N–C) groups is 1. The van der Waals surface area contributed by atoms with Crippen molar-refractivity contribution in [1.29, 1.82) is 0 Å². The Balaban J connectivity index is 1.67. The number of rotatable bonds is 11. The van der Waals surface area contributed by atoms with Crippen molar-refractivity contribution in [3.8, 4) is 5.75 Å². The number of amides is 1. The molecule has 0 radical (unpaired) electrons. The minimum absolute atomic E-state index is 0.0967. The highest BCUT2D eigenvalue weighted by Crippen LogP contribution is 2.31. The van der Waals surface area contributed by atoms with Gasteiger partial charge in [0.05, 0.1) is 31.2 Å². The molecule has 2 aromatic carbocycles. The molecule has 0 aromatic heterocycles. The Bertz CT molecular complexity index is 1240. The summed E-state index contributed by atoms with van der Waals surface area (Å²) in [5, 5.41) is 42.3. The summed E-state index contributed by atoms with van der Waals surface area (Å²) >= 11 is 6.20. The van der Waals surface area contributed by atoms with E-state index in [2.05, 4.69) is 10.3 Å². The van der Waals surface area contributed by atoms with Gasteiger partial charge in [-0.25, -0.2) is 0 Å². The number of aliphatic carboxylic acids is 1. The zero-order valence-corrected chi connectivity index (χ0v) is 22.2. The first-order chi connectivity index (χ1) is 17.8. The van der Waals surface area contributed by atoms with Crippen molar-refractivity contribution in [3.05, 3.63) is 63.7 Å². The second kappa shape index (κ2) is 12.5.